The van der Waals surface area contributed by atoms with E-state index in [1.54, 1.807) is 18.2 Å². The molecule has 0 aliphatic heterocycles. The fraction of sp³-hybridized carbons (Fsp3) is 0.259. The van der Waals surface area contributed by atoms with Crippen molar-refractivity contribution in [2.75, 3.05) is 0 Å². The molecule has 6 nitrogen and oxygen atoms in total. The Morgan fingerprint density at radius 3 is 2.29 bits per heavy atom. The molecule has 1 saturated carbocycles. The molecule has 3 atom stereocenters. The summed E-state index contributed by atoms with van der Waals surface area (Å²) in [5, 5.41) is 18.4. The Kier molecular flexibility index (Phi) is 6.95. The monoisotopic (exact) mass is 494 g/mol. The molecule has 1 aromatic heterocycles. The minimum Gasteiger partial charge on any atom is -0.477 e. The van der Waals surface area contributed by atoms with E-state index in [0.29, 0.717) is 27.9 Å². The van der Waals surface area contributed by atoms with Crippen LogP contribution in [0.5, 0.6) is 0 Å². The molecular weight excluding hydrogens is 468 g/mol. The van der Waals surface area contributed by atoms with Crippen LogP contribution in [0.25, 0.3) is 28.0 Å². The lowest BCUT2D eigenvalue weighted by atomic mass is 9.82. The second-order valence-corrected chi connectivity index (χ2v) is 10.1. The number of carboxylic acid groups (broad SMARTS) is 1. The summed E-state index contributed by atoms with van der Waals surface area (Å²) in [6.07, 6.45) is 3.11. The van der Waals surface area contributed by atoms with Gasteiger partial charge in [-0.05, 0) is 66.0 Å². The zero-order chi connectivity index (χ0) is 25.3. The summed E-state index contributed by atoms with van der Waals surface area (Å²) in [6.45, 7) is 3.03. The van der Waals surface area contributed by atoms with Crippen molar-refractivity contribution >= 4 is 19.6 Å². The Morgan fingerprint density at radius 1 is 1.14 bits per heavy atom. The van der Waals surface area contributed by atoms with Crippen molar-refractivity contribution in [1.29, 1.82) is 0 Å². The molecule has 0 spiro atoms. The Balaban J connectivity index is 2.08. The number of aromatic nitrogens is 1. The summed E-state index contributed by atoms with van der Waals surface area (Å²) in [5.41, 5.74) is 3.70. The number of nitrogens with zero attached hydrogens (tertiary/aromatic N) is 1. The van der Waals surface area contributed by atoms with Crippen molar-refractivity contribution < 1.29 is 28.9 Å². The summed E-state index contributed by atoms with van der Waals surface area (Å²) < 4.78 is 26.5. The van der Waals surface area contributed by atoms with Gasteiger partial charge < -0.3 is 10.2 Å². The lowest BCUT2D eigenvalue weighted by Gasteiger charge is -2.26. The molecule has 1 aliphatic carbocycles. The van der Waals surface area contributed by atoms with Gasteiger partial charge in [0.15, 0.2) is 0 Å². The fourth-order valence-corrected chi connectivity index (χ4v) is 5.36. The second-order valence-electron chi connectivity index (χ2n) is 8.83. The normalized spacial score (nSPS) is 16.9. The first-order valence-corrected chi connectivity index (χ1v) is 12.5. The first kappa shape index (κ1) is 24.9. The minimum absolute atomic E-state index is 0.0209. The average molecular weight is 494 g/mol. The van der Waals surface area contributed by atoms with Gasteiger partial charge in [0.05, 0.1) is 5.69 Å². The van der Waals surface area contributed by atoms with Gasteiger partial charge in [0.25, 0.3) is 0 Å². The lowest BCUT2D eigenvalue weighted by molar-refractivity contribution is -0.141. The standard InChI is InChI=1S/C27H25FNO5P/c1-16-24(19-10-12-21(28)13-11-19)22(15-29-25(16)20-6-4-3-5-7-20)23(14-18-8-9-18)27(17(2)30,26(31)32)35(33)34/h3-7,10-15,17-18,30H,8-9H2,1-2H3,(H-,31,32,33,34)/p+1. The first-order chi connectivity index (χ1) is 16.7. The van der Waals surface area contributed by atoms with Crippen molar-refractivity contribution in [2.24, 2.45) is 5.92 Å². The van der Waals surface area contributed by atoms with E-state index in [1.807, 2.05) is 37.3 Å². The number of allylic oxidation sites excluding steroid dienone is 1. The summed E-state index contributed by atoms with van der Waals surface area (Å²) in [6, 6.07) is 15.2. The number of rotatable bonds is 8. The highest BCUT2D eigenvalue weighted by atomic mass is 31.1. The van der Waals surface area contributed by atoms with Gasteiger partial charge in [0.1, 0.15) is 11.9 Å². The number of halogens is 1. The third-order valence-electron chi connectivity index (χ3n) is 6.46. The molecule has 3 unspecified atom stereocenters. The number of pyridine rings is 1. The largest absolute Gasteiger partial charge is 0.531 e. The minimum atomic E-state index is -3.40. The molecular formula is C27H26FNO5P+. The van der Waals surface area contributed by atoms with Crippen LogP contribution >= 0.6 is 8.03 Å². The van der Waals surface area contributed by atoms with Gasteiger partial charge in [0.2, 0.25) is 0 Å². The number of hydrogen-bond donors (Lipinski definition) is 3. The molecule has 0 bridgehead atoms. The molecule has 1 heterocycles. The Morgan fingerprint density at radius 2 is 1.77 bits per heavy atom. The molecule has 1 fully saturated rings. The van der Waals surface area contributed by atoms with Gasteiger partial charge in [-0.15, -0.1) is 0 Å². The Bertz CT molecular complexity index is 1290. The van der Waals surface area contributed by atoms with Crippen LogP contribution in [0.2, 0.25) is 0 Å². The zero-order valence-electron chi connectivity index (χ0n) is 19.4. The van der Waals surface area contributed by atoms with Crippen LogP contribution in [0.4, 0.5) is 4.39 Å². The molecule has 0 radical (unpaired) electrons. The van der Waals surface area contributed by atoms with Crippen LogP contribution in [0.1, 0.15) is 30.9 Å². The Labute approximate surface area is 203 Å². The van der Waals surface area contributed by atoms with Crippen molar-refractivity contribution in [3.63, 3.8) is 0 Å². The van der Waals surface area contributed by atoms with Gasteiger partial charge in [-0.1, -0.05) is 48.5 Å². The predicted octanol–water partition coefficient (Wildman–Crippen LogP) is 5.60. The fourth-order valence-electron chi connectivity index (χ4n) is 4.48. The maximum atomic E-state index is 13.8. The Hall–Kier alpha value is -3.25. The highest BCUT2D eigenvalue weighted by Gasteiger charge is 2.65. The quantitative estimate of drug-likeness (QED) is 0.352. The second kappa shape index (κ2) is 9.78. The van der Waals surface area contributed by atoms with Gasteiger partial charge in [-0.2, -0.15) is 4.89 Å². The van der Waals surface area contributed by atoms with Crippen molar-refractivity contribution in [3.05, 3.63) is 83.8 Å². The predicted molar refractivity (Wildman–Crippen MR) is 132 cm³/mol. The van der Waals surface area contributed by atoms with Crippen LogP contribution in [-0.4, -0.2) is 37.3 Å². The van der Waals surface area contributed by atoms with Crippen molar-refractivity contribution in [3.8, 4) is 22.4 Å². The maximum absolute atomic E-state index is 13.8. The van der Waals surface area contributed by atoms with Crippen molar-refractivity contribution in [1.82, 2.24) is 4.98 Å². The molecule has 180 valence electrons. The molecule has 2 aromatic carbocycles. The highest BCUT2D eigenvalue weighted by Crippen LogP contribution is 2.53. The third kappa shape index (κ3) is 4.55. The summed E-state index contributed by atoms with van der Waals surface area (Å²) in [7, 11) is -3.40. The van der Waals surface area contributed by atoms with Gasteiger partial charge in [-0.25, -0.2) is 9.18 Å². The number of benzene rings is 2. The number of carbonyl (C=O) groups is 1. The van der Waals surface area contributed by atoms with E-state index in [9.17, 15) is 28.9 Å². The molecule has 8 heteroatoms. The third-order valence-corrected chi connectivity index (χ3v) is 7.87. The van der Waals surface area contributed by atoms with Crippen LogP contribution < -0.4 is 0 Å². The van der Waals surface area contributed by atoms with E-state index in [2.05, 4.69) is 4.98 Å². The van der Waals surface area contributed by atoms with Gasteiger partial charge in [0, 0.05) is 22.9 Å². The molecule has 1 aliphatic rings. The molecule has 3 aromatic rings. The molecule has 0 saturated heterocycles. The lowest BCUT2D eigenvalue weighted by Crippen LogP contribution is -2.46. The van der Waals surface area contributed by atoms with Gasteiger partial charge >= 0.3 is 19.2 Å². The van der Waals surface area contributed by atoms with E-state index in [0.717, 1.165) is 18.4 Å². The maximum Gasteiger partial charge on any atom is 0.531 e. The highest BCUT2D eigenvalue weighted by molar-refractivity contribution is 7.42. The number of hydrogen-bond acceptors (Lipinski definition) is 4. The molecule has 3 N–H and O–H groups in total. The number of aliphatic hydroxyl groups excluding tert-OH is 1. The van der Waals surface area contributed by atoms with Crippen LogP contribution in [0, 0.1) is 18.7 Å². The van der Waals surface area contributed by atoms with E-state index < -0.39 is 31.1 Å². The van der Waals surface area contributed by atoms with E-state index in [-0.39, 0.29) is 11.5 Å². The number of carboxylic acids is 1. The van der Waals surface area contributed by atoms with Gasteiger partial charge in [-0.3, -0.25) is 4.98 Å². The number of aliphatic hydroxyl groups is 1. The summed E-state index contributed by atoms with van der Waals surface area (Å²) >= 11 is 0. The molecule has 4 rings (SSSR count). The van der Waals surface area contributed by atoms with E-state index >= 15 is 0 Å². The molecule has 0 amide bonds. The summed E-state index contributed by atoms with van der Waals surface area (Å²) in [4.78, 5) is 27.5. The van der Waals surface area contributed by atoms with Crippen LogP contribution in [-0.2, 0) is 9.36 Å². The van der Waals surface area contributed by atoms with Crippen LogP contribution in [0.15, 0.2) is 66.9 Å². The smallest absolute Gasteiger partial charge is 0.477 e. The van der Waals surface area contributed by atoms with E-state index in [1.165, 1.54) is 25.3 Å². The summed E-state index contributed by atoms with van der Waals surface area (Å²) in [5.74, 6) is -2.01. The average Bonchev–Trinajstić information content (AvgIpc) is 3.63. The topological polar surface area (TPSA) is 108 Å². The van der Waals surface area contributed by atoms with Crippen molar-refractivity contribution in [2.45, 2.75) is 37.9 Å². The first-order valence-electron chi connectivity index (χ1n) is 11.3. The molecule has 35 heavy (non-hydrogen) atoms. The zero-order valence-corrected chi connectivity index (χ0v) is 20.2. The number of aliphatic carboxylic acids is 1. The van der Waals surface area contributed by atoms with Crippen LogP contribution in [0.3, 0.4) is 0 Å². The van der Waals surface area contributed by atoms with E-state index in [4.69, 9.17) is 0 Å². The SMILES string of the molecule is Cc1c(-c2ccccc2)ncc(C(=CC2CC2)C(C(=O)O)(C(C)O)[P+](=O)O)c1-c1ccc(F)cc1.